The average molecular weight is 336 g/mol. The third-order valence-corrected chi connectivity index (χ3v) is 5.92. The van der Waals surface area contributed by atoms with Crippen LogP contribution in [0.25, 0.3) is 0 Å². The highest BCUT2D eigenvalue weighted by Gasteiger charge is 2.24. The fourth-order valence-corrected chi connectivity index (χ4v) is 4.27. The number of thiophene rings is 1. The Kier molecular flexibility index (Phi) is 4.53. The van der Waals surface area contributed by atoms with E-state index in [9.17, 15) is 8.42 Å². The van der Waals surface area contributed by atoms with E-state index < -0.39 is 10.0 Å². The molecule has 0 aliphatic heterocycles. The summed E-state index contributed by atoms with van der Waals surface area (Å²) in [6.45, 7) is 0.308. The van der Waals surface area contributed by atoms with Gasteiger partial charge in [-0.1, -0.05) is 29.3 Å². The Morgan fingerprint density at radius 2 is 2.00 bits per heavy atom. The summed E-state index contributed by atoms with van der Waals surface area (Å²) in [6.07, 6.45) is 0. The Hall–Kier alpha value is -0.590. The van der Waals surface area contributed by atoms with E-state index in [-0.39, 0.29) is 9.92 Å². The van der Waals surface area contributed by atoms with Crippen LogP contribution in [-0.4, -0.2) is 19.8 Å². The van der Waals surface area contributed by atoms with Gasteiger partial charge in [0.25, 0.3) is 0 Å². The minimum absolute atomic E-state index is 0.0284. The van der Waals surface area contributed by atoms with E-state index >= 15 is 0 Å². The van der Waals surface area contributed by atoms with Crippen molar-refractivity contribution in [3.8, 4) is 0 Å². The Morgan fingerprint density at radius 1 is 1.26 bits per heavy atom. The second-order valence-corrected chi connectivity index (χ2v) is 7.80. The molecule has 7 heteroatoms. The lowest BCUT2D eigenvalue weighted by Crippen LogP contribution is -2.26. The minimum Gasteiger partial charge on any atom is -0.207 e. The number of benzene rings is 1. The molecule has 0 atom stereocenters. The van der Waals surface area contributed by atoms with Gasteiger partial charge in [-0.15, -0.1) is 11.3 Å². The monoisotopic (exact) mass is 335 g/mol. The SMILES string of the molecule is CN(Cc1cccs1)S(=O)(=O)c1cc(Cl)ccc1Cl. The van der Waals surface area contributed by atoms with E-state index in [1.807, 2.05) is 17.5 Å². The molecule has 1 heterocycles. The van der Waals surface area contributed by atoms with Crippen LogP contribution in [0, 0.1) is 0 Å². The smallest absolute Gasteiger partial charge is 0.207 e. The highest BCUT2D eigenvalue weighted by Crippen LogP contribution is 2.28. The second-order valence-electron chi connectivity index (χ2n) is 3.92. The highest BCUT2D eigenvalue weighted by molar-refractivity contribution is 7.89. The van der Waals surface area contributed by atoms with Gasteiger partial charge in [0.05, 0.1) is 5.02 Å². The van der Waals surface area contributed by atoms with Crippen molar-refractivity contribution in [3.05, 3.63) is 50.6 Å². The predicted molar refractivity (Wildman–Crippen MR) is 79.4 cm³/mol. The first kappa shape index (κ1) is 14.8. The lowest BCUT2D eigenvalue weighted by atomic mass is 10.4. The molecule has 1 aromatic carbocycles. The van der Waals surface area contributed by atoms with Crippen molar-refractivity contribution < 1.29 is 8.42 Å². The summed E-state index contributed by atoms with van der Waals surface area (Å²) < 4.78 is 26.1. The first-order valence-electron chi connectivity index (χ1n) is 5.35. The van der Waals surface area contributed by atoms with Gasteiger partial charge in [0.2, 0.25) is 10.0 Å². The van der Waals surface area contributed by atoms with Gasteiger partial charge < -0.3 is 0 Å². The third kappa shape index (κ3) is 3.30. The molecular weight excluding hydrogens is 325 g/mol. The second kappa shape index (κ2) is 5.81. The van der Waals surface area contributed by atoms with E-state index in [4.69, 9.17) is 23.2 Å². The zero-order valence-electron chi connectivity index (χ0n) is 10.0. The van der Waals surface area contributed by atoms with Gasteiger partial charge in [-0.25, -0.2) is 8.42 Å². The van der Waals surface area contributed by atoms with Crippen LogP contribution >= 0.6 is 34.5 Å². The Morgan fingerprint density at radius 3 is 2.63 bits per heavy atom. The molecule has 0 amide bonds. The number of halogens is 2. The van der Waals surface area contributed by atoms with Crippen LogP contribution in [0.4, 0.5) is 0 Å². The quantitative estimate of drug-likeness (QED) is 0.850. The van der Waals surface area contributed by atoms with E-state index in [1.165, 1.54) is 34.8 Å². The van der Waals surface area contributed by atoms with Crippen molar-refractivity contribution in [1.29, 1.82) is 0 Å². The molecule has 0 radical (unpaired) electrons. The maximum Gasteiger partial charge on any atom is 0.244 e. The lowest BCUT2D eigenvalue weighted by Gasteiger charge is -2.17. The summed E-state index contributed by atoms with van der Waals surface area (Å²) in [6, 6.07) is 8.17. The highest BCUT2D eigenvalue weighted by atomic mass is 35.5. The fourth-order valence-electron chi connectivity index (χ4n) is 1.55. The van der Waals surface area contributed by atoms with Crippen LogP contribution in [-0.2, 0) is 16.6 Å². The van der Waals surface area contributed by atoms with Crippen LogP contribution in [0.5, 0.6) is 0 Å². The first-order valence-corrected chi connectivity index (χ1v) is 8.42. The van der Waals surface area contributed by atoms with Crippen LogP contribution in [0.15, 0.2) is 40.6 Å². The number of hydrogen-bond acceptors (Lipinski definition) is 3. The third-order valence-electron chi connectivity index (χ3n) is 2.54. The number of nitrogens with zero attached hydrogens (tertiary/aromatic N) is 1. The summed E-state index contributed by atoms with van der Waals surface area (Å²) in [4.78, 5) is 0.991. The molecule has 102 valence electrons. The van der Waals surface area contributed by atoms with Gasteiger partial charge in [0, 0.05) is 23.5 Å². The largest absolute Gasteiger partial charge is 0.244 e. The number of rotatable bonds is 4. The standard InChI is InChI=1S/C12H11Cl2NO2S2/c1-15(8-10-3-2-6-18-10)19(16,17)12-7-9(13)4-5-11(12)14/h2-7H,8H2,1H3. The van der Waals surface area contributed by atoms with Gasteiger partial charge >= 0.3 is 0 Å². The van der Waals surface area contributed by atoms with Crippen LogP contribution in [0.3, 0.4) is 0 Å². The maximum atomic E-state index is 12.4. The Balaban J connectivity index is 2.33. The van der Waals surface area contributed by atoms with Gasteiger partial charge in [0.1, 0.15) is 4.90 Å². The Bertz CT molecular complexity index is 669. The molecule has 2 aromatic rings. The molecule has 0 N–H and O–H groups in total. The molecular formula is C12H11Cl2NO2S2. The minimum atomic E-state index is -3.64. The van der Waals surface area contributed by atoms with Crippen molar-refractivity contribution >= 4 is 44.6 Å². The van der Waals surface area contributed by atoms with Crippen molar-refractivity contribution in [3.63, 3.8) is 0 Å². The predicted octanol–water partition coefficient (Wildman–Crippen LogP) is 3.88. The molecule has 1 aromatic heterocycles. The molecule has 0 bridgehead atoms. The number of hydrogen-bond donors (Lipinski definition) is 0. The zero-order chi connectivity index (χ0) is 14.0. The van der Waals surface area contributed by atoms with E-state index in [2.05, 4.69) is 0 Å². The zero-order valence-corrected chi connectivity index (χ0v) is 13.2. The average Bonchev–Trinajstić information content (AvgIpc) is 2.85. The summed E-state index contributed by atoms with van der Waals surface area (Å²) in [7, 11) is -2.12. The molecule has 19 heavy (non-hydrogen) atoms. The van der Waals surface area contributed by atoms with E-state index in [1.54, 1.807) is 6.07 Å². The molecule has 0 aliphatic rings. The molecule has 3 nitrogen and oxygen atoms in total. The maximum absolute atomic E-state index is 12.4. The van der Waals surface area contributed by atoms with Crippen molar-refractivity contribution in [2.45, 2.75) is 11.4 Å². The Labute approximate surface area is 126 Å². The fraction of sp³-hybridized carbons (Fsp3) is 0.167. The van der Waals surface area contributed by atoms with Crippen LogP contribution in [0.1, 0.15) is 4.88 Å². The molecule has 0 spiro atoms. The topological polar surface area (TPSA) is 37.4 Å². The number of sulfonamides is 1. The summed E-state index contributed by atoms with van der Waals surface area (Å²) >= 11 is 13.3. The molecule has 0 aliphatic carbocycles. The molecule has 2 rings (SSSR count). The van der Waals surface area contributed by atoms with Gasteiger partial charge in [0.15, 0.2) is 0 Å². The van der Waals surface area contributed by atoms with Crippen molar-refractivity contribution in [2.24, 2.45) is 0 Å². The van der Waals surface area contributed by atoms with E-state index in [0.717, 1.165) is 4.88 Å². The summed E-state index contributed by atoms with van der Waals surface area (Å²) in [5.74, 6) is 0. The van der Waals surface area contributed by atoms with Crippen LogP contribution in [0.2, 0.25) is 10.0 Å². The van der Waals surface area contributed by atoms with Crippen molar-refractivity contribution in [1.82, 2.24) is 4.31 Å². The summed E-state index contributed by atoms with van der Waals surface area (Å²) in [5, 5.41) is 2.41. The summed E-state index contributed by atoms with van der Waals surface area (Å²) in [5.41, 5.74) is 0. The normalized spacial score (nSPS) is 12.0. The first-order chi connectivity index (χ1) is 8.91. The molecule has 0 unspecified atom stereocenters. The van der Waals surface area contributed by atoms with E-state index in [0.29, 0.717) is 11.6 Å². The van der Waals surface area contributed by atoms with Crippen molar-refractivity contribution in [2.75, 3.05) is 7.05 Å². The molecule has 0 saturated carbocycles. The van der Waals surface area contributed by atoms with Gasteiger partial charge in [-0.05, 0) is 29.6 Å². The lowest BCUT2D eigenvalue weighted by molar-refractivity contribution is 0.469. The van der Waals surface area contributed by atoms with Gasteiger partial charge in [-0.2, -0.15) is 4.31 Å². The molecule has 0 saturated heterocycles. The van der Waals surface area contributed by atoms with Gasteiger partial charge in [-0.3, -0.25) is 0 Å². The molecule has 0 fully saturated rings. The van der Waals surface area contributed by atoms with Crippen LogP contribution < -0.4 is 0 Å².